The van der Waals surface area contributed by atoms with Crippen LogP contribution in [0.1, 0.15) is 12.0 Å². The third-order valence-electron chi connectivity index (χ3n) is 1.73. The second-order valence-electron chi connectivity index (χ2n) is 2.87. The lowest BCUT2D eigenvalue weighted by Gasteiger charge is -2.03. The molecule has 1 aromatic rings. The summed E-state index contributed by atoms with van der Waals surface area (Å²) in [6.45, 7) is 0. The molecule has 11 heteroatoms. The van der Waals surface area contributed by atoms with Gasteiger partial charge >= 0.3 is 5.69 Å². The fourth-order valence-electron chi connectivity index (χ4n) is 1.03. The van der Waals surface area contributed by atoms with Gasteiger partial charge in [-0.2, -0.15) is 0 Å². The van der Waals surface area contributed by atoms with E-state index in [0.29, 0.717) is 0 Å². The molecule has 1 rings (SSSR count). The molecule has 0 aliphatic rings. The molecule has 3 N–H and O–H groups in total. The van der Waals surface area contributed by atoms with Crippen molar-refractivity contribution in [2.45, 2.75) is 11.5 Å². The van der Waals surface area contributed by atoms with Gasteiger partial charge in [0, 0.05) is 6.07 Å². The average Bonchev–Trinajstić information content (AvgIpc) is 2.14. The smallest absolute Gasteiger partial charge is 0.306 e. The number of aromatic amines is 1. The molecule has 0 saturated heterocycles. The summed E-state index contributed by atoms with van der Waals surface area (Å²) in [6.07, 6.45) is -3.27. The van der Waals surface area contributed by atoms with Gasteiger partial charge in [-0.1, -0.05) is 0 Å². The van der Waals surface area contributed by atoms with E-state index in [0.717, 1.165) is 0 Å². The van der Waals surface area contributed by atoms with Crippen molar-refractivity contribution >= 4 is 15.7 Å². The Morgan fingerprint density at radius 2 is 2.00 bits per heavy atom. The zero-order valence-electron chi connectivity index (χ0n) is 7.88. The minimum atomic E-state index is -4.59. The van der Waals surface area contributed by atoms with Crippen molar-refractivity contribution in [3.8, 4) is 0 Å². The molecule has 1 heterocycles. The molecule has 94 valence electrons. The van der Waals surface area contributed by atoms with Crippen LogP contribution in [0.4, 0.5) is 14.5 Å². The summed E-state index contributed by atoms with van der Waals surface area (Å²) < 4.78 is 46.4. The first kappa shape index (κ1) is 13.2. The van der Waals surface area contributed by atoms with E-state index in [1.54, 1.807) is 0 Å². The maximum atomic E-state index is 12.3. The van der Waals surface area contributed by atoms with E-state index in [9.17, 15) is 32.1 Å². The van der Waals surface area contributed by atoms with E-state index in [1.807, 2.05) is 0 Å². The van der Waals surface area contributed by atoms with Crippen LogP contribution in [0, 0.1) is 10.1 Å². The highest BCUT2D eigenvalue weighted by atomic mass is 32.2. The topological polar surface area (TPSA) is 136 Å². The molecule has 0 saturated carbocycles. The van der Waals surface area contributed by atoms with Crippen molar-refractivity contribution in [3.05, 3.63) is 32.1 Å². The molecule has 0 amide bonds. The predicted molar refractivity (Wildman–Crippen MR) is 50.0 cm³/mol. The van der Waals surface area contributed by atoms with E-state index < -0.39 is 43.2 Å². The van der Waals surface area contributed by atoms with Crippen LogP contribution in [0.2, 0.25) is 0 Å². The maximum absolute atomic E-state index is 12.3. The lowest BCUT2D eigenvalue weighted by molar-refractivity contribution is -0.388. The van der Waals surface area contributed by atoms with Gasteiger partial charge in [-0.3, -0.25) is 14.9 Å². The fourth-order valence-corrected chi connectivity index (χ4v) is 1.69. The van der Waals surface area contributed by atoms with E-state index >= 15 is 0 Å². The normalized spacial score (nSPS) is 11.8. The first-order chi connectivity index (χ1) is 7.64. The second-order valence-corrected chi connectivity index (χ2v) is 4.37. The molecule has 0 aliphatic heterocycles. The zero-order chi connectivity index (χ0) is 13.4. The van der Waals surface area contributed by atoms with Crippen LogP contribution in [-0.4, -0.2) is 18.3 Å². The summed E-state index contributed by atoms with van der Waals surface area (Å²) in [7, 11) is -4.59. The minimum Gasteiger partial charge on any atom is -0.306 e. The second kappa shape index (κ2) is 4.18. The Bertz CT molecular complexity index is 623. The minimum absolute atomic E-state index is 0.184. The number of rotatable bonds is 3. The molecule has 0 radical (unpaired) electrons. The van der Waals surface area contributed by atoms with Crippen LogP contribution in [0.25, 0.3) is 0 Å². The van der Waals surface area contributed by atoms with Crippen molar-refractivity contribution in [2.75, 3.05) is 0 Å². The van der Waals surface area contributed by atoms with Gasteiger partial charge < -0.3 is 4.98 Å². The average molecular weight is 269 g/mol. The molecule has 17 heavy (non-hydrogen) atoms. The van der Waals surface area contributed by atoms with Gasteiger partial charge in [-0.05, 0) is 0 Å². The van der Waals surface area contributed by atoms with E-state index in [4.69, 9.17) is 0 Å². The highest BCUT2D eigenvalue weighted by molar-refractivity contribution is 7.89. The van der Waals surface area contributed by atoms with Gasteiger partial charge in [-0.15, -0.1) is 0 Å². The van der Waals surface area contributed by atoms with Crippen LogP contribution in [0.3, 0.4) is 0 Å². The van der Waals surface area contributed by atoms with Gasteiger partial charge in [0.05, 0.1) is 10.5 Å². The molecule has 0 aliphatic carbocycles. The van der Waals surface area contributed by atoms with E-state index in [-0.39, 0.29) is 6.07 Å². The van der Waals surface area contributed by atoms with Crippen LogP contribution in [0.15, 0.2) is 15.9 Å². The summed E-state index contributed by atoms with van der Waals surface area (Å²) in [5, 5.41) is 13.9. The van der Waals surface area contributed by atoms with Crippen molar-refractivity contribution < 1.29 is 22.1 Å². The Labute approximate surface area is 92.3 Å². The Balaban J connectivity index is 3.71. The van der Waals surface area contributed by atoms with Gasteiger partial charge in [0.2, 0.25) is 5.03 Å². The number of hydrogen-bond donors (Lipinski definition) is 2. The summed E-state index contributed by atoms with van der Waals surface area (Å²) >= 11 is 0. The molecule has 0 unspecified atom stereocenters. The van der Waals surface area contributed by atoms with Crippen LogP contribution < -0.4 is 10.7 Å². The largest absolute Gasteiger partial charge is 0.306 e. The molecular weight excluding hydrogens is 264 g/mol. The lowest BCUT2D eigenvalue weighted by Crippen LogP contribution is -2.23. The Morgan fingerprint density at radius 3 is 2.35 bits per heavy atom. The number of nitrogens with two attached hydrogens (primary N) is 1. The zero-order valence-corrected chi connectivity index (χ0v) is 8.70. The highest BCUT2D eigenvalue weighted by Gasteiger charge is 2.28. The van der Waals surface area contributed by atoms with Crippen molar-refractivity contribution in [3.63, 3.8) is 0 Å². The molecular formula is C6H5F2N3O5S. The molecule has 0 aromatic carbocycles. The number of primary sulfonamides is 1. The first-order valence-electron chi connectivity index (χ1n) is 3.87. The number of pyridine rings is 1. The van der Waals surface area contributed by atoms with E-state index in [2.05, 4.69) is 5.14 Å². The maximum Gasteiger partial charge on any atom is 0.306 e. The number of aromatic nitrogens is 1. The number of sulfonamides is 1. The number of H-pyrrole nitrogens is 1. The SMILES string of the molecule is NS(=O)(=O)c1[nH]c(=O)c(C(F)F)cc1[N+](=O)[O-]. The van der Waals surface area contributed by atoms with Crippen molar-refractivity contribution in [1.29, 1.82) is 0 Å². The van der Waals surface area contributed by atoms with Gasteiger partial charge in [0.25, 0.3) is 22.0 Å². The van der Waals surface area contributed by atoms with Crippen LogP contribution in [0.5, 0.6) is 0 Å². The monoisotopic (exact) mass is 269 g/mol. The molecule has 0 fully saturated rings. The number of nitrogens with zero attached hydrogens (tertiary/aromatic N) is 1. The Kier molecular flexibility index (Phi) is 3.24. The molecule has 8 nitrogen and oxygen atoms in total. The van der Waals surface area contributed by atoms with Crippen LogP contribution in [-0.2, 0) is 10.0 Å². The summed E-state index contributed by atoms with van der Waals surface area (Å²) in [6, 6.07) is 0.184. The standard InChI is InChI=1S/C6H5F2N3O5S/c7-4(8)2-1-3(11(13)14)6(10-5(2)12)17(9,15)16/h1,4H,(H,10,12)(H2,9,15,16). The molecule has 0 bridgehead atoms. The predicted octanol–water partition coefficient (Wildman–Crippen LogP) is -0.132. The van der Waals surface area contributed by atoms with E-state index in [1.165, 1.54) is 4.98 Å². The number of nitrogens with one attached hydrogen (secondary N) is 1. The van der Waals surface area contributed by atoms with Gasteiger partial charge in [-0.25, -0.2) is 22.3 Å². The van der Waals surface area contributed by atoms with Crippen molar-refractivity contribution in [2.24, 2.45) is 5.14 Å². The number of alkyl halides is 2. The summed E-state index contributed by atoms with van der Waals surface area (Å²) in [5.74, 6) is 0. The van der Waals surface area contributed by atoms with Gasteiger partial charge in [0.15, 0.2) is 0 Å². The lowest BCUT2D eigenvalue weighted by atomic mass is 10.2. The Hall–Kier alpha value is -1.88. The molecule has 0 atom stereocenters. The number of nitro groups is 1. The number of hydrogen-bond acceptors (Lipinski definition) is 5. The summed E-state index contributed by atoms with van der Waals surface area (Å²) in [5.41, 5.74) is -3.86. The number of halogens is 2. The van der Waals surface area contributed by atoms with Crippen molar-refractivity contribution in [1.82, 2.24) is 4.98 Å². The fraction of sp³-hybridized carbons (Fsp3) is 0.167. The quantitative estimate of drug-likeness (QED) is 0.581. The first-order valence-corrected chi connectivity index (χ1v) is 5.41. The third kappa shape index (κ3) is 2.62. The molecule has 0 spiro atoms. The summed E-state index contributed by atoms with van der Waals surface area (Å²) in [4.78, 5) is 21.7. The van der Waals surface area contributed by atoms with Gasteiger partial charge in [0.1, 0.15) is 0 Å². The Morgan fingerprint density at radius 1 is 1.47 bits per heavy atom. The molecule has 1 aromatic heterocycles. The highest BCUT2D eigenvalue weighted by Crippen LogP contribution is 2.23. The third-order valence-corrected chi connectivity index (χ3v) is 2.61. The van der Waals surface area contributed by atoms with Crippen LogP contribution >= 0.6 is 0 Å².